The van der Waals surface area contributed by atoms with Crippen LogP contribution in [0.1, 0.15) is 38.5 Å². The van der Waals surface area contributed by atoms with Crippen LogP contribution in [0.3, 0.4) is 0 Å². The Morgan fingerprint density at radius 2 is 2.00 bits per heavy atom. The van der Waals surface area contributed by atoms with Crippen LogP contribution in [-0.4, -0.2) is 19.9 Å². The lowest BCUT2D eigenvalue weighted by Crippen LogP contribution is -2.25. The molecule has 112 valence electrons. The fraction of sp³-hybridized carbons (Fsp3) is 0.615. The second-order valence-corrected chi connectivity index (χ2v) is 7.67. The average molecular weight is 337 g/mol. The van der Waals surface area contributed by atoms with E-state index >= 15 is 0 Å². The zero-order valence-electron chi connectivity index (χ0n) is 11.1. The van der Waals surface area contributed by atoms with Gasteiger partial charge in [0.1, 0.15) is 10.0 Å². The number of aromatic nitrogens is 1. The van der Waals surface area contributed by atoms with E-state index in [1.54, 1.807) is 0 Å². The second kappa shape index (κ2) is 7.07. The van der Waals surface area contributed by atoms with Crippen LogP contribution in [0.4, 0.5) is 0 Å². The highest BCUT2D eigenvalue weighted by molar-refractivity contribution is 7.89. The third-order valence-electron chi connectivity index (χ3n) is 3.64. The lowest BCUT2D eigenvalue weighted by molar-refractivity contribution is 0.480. The van der Waals surface area contributed by atoms with Gasteiger partial charge in [0.25, 0.3) is 0 Å². The van der Waals surface area contributed by atoms with Gasteiger partial charge in [-0.15, -0.1) is 0 Å². The molecule has 0 unspecified atom stereocenters. The molecule has 2 rings (SSSR count). The van der Waals surface area contributed by atoms with Crippen LogP contribution in [0.2, 0.25) is 10.2 Å². The van der Waals surface area contributed by atoms with Crippen molar-refractivity contribution in [1.82, 2.24) is 9.71 Å². The SMILES string of the molecule is O=S(=O)(NCCCC1CCCC1)c1cnc(Cl)c(Cl)c1. The molecule has 0 radical (unpaired) electrons. The van der Waals surface area contributed by atoms with E-state index in [4.69, 9.17) is 23.2 Å². The van der Waals surface area contributed by atoms with Gasteiger partial charge >= 0.3 is 0 Å². The van der Waals surface area contributed by atoms with E-state index in [0.717, 1.165) is 18.8 Å². The van der Waals surface area contributed by atoms with Crippen molar-refractivity contribution in [2.45, 2.75) is 43.4 Å². The Kier molecular flexibility index (Phi) is 5.66. The molecule has 1 heterocycles. The van der Waals surface area contributed by atoms with E-state index in [2.05, 4.69) is 9.71 Å². The molecule has 0 saturated heterocycles. The van der Waals surface area contributed by atoms with Crippen molar-refractivity contribution in [2.75, 3.05) is 6.54 Å². The lowest BCUT2D eigenvalue weighted by atomic mass is 10.0. The molecule has 0 aliphatic heterocycles. The first-order valence-electron chi connectivity index (χ1n) is 6.80. The number of sulfonamides is 1. The van der Waals surface area contributed by atoms with Gasteiger partial charge in [0.15, 0.2) is 0 Å². The standard InChI is InChI=1S/C13H18Cl2N2O2S/c14-12-8-11(9-16-13(12)15)20(18,19)17-7-3-6-10-4-1-2-5-10/h8-10,17H,1-7H2. The van der Waals surface area contributed by atoms with Crippen LogP contribution in [0.5, 0.6) is 0 Å². The van der Waals surface area contributed by atoms with E-state index < -0.39 is 10.0 Å². The molecule has 1 aromatic heterocycles. The van der Waals surface area contributed by atoms with Crippen LogP contribution in [-0.2, 0) is 10.0 Å². The van der Waals surface area contributed by atoms with Gasteiger partial charge in [-0.25, -0.2) is 18.1 Å². The molecule has 20 heavy (non-hydrogen) atoms. The van der Waals surface area contributed by atoms with Crippen LogP contribution < -0.4 is 4.72 Å². The minimum absolute atomic E-state index is 0.0489. The molecule has 0 amide bonds. The van der Waals surface area contributed by atoms with Gasteiger partial charge in [0.05, 0.1) is 5.02 Å². The van der Waals surface area contributed by atoms with Gasteiger partial charge in [0.2, 0.25) is 10.0 Å². The number of hydrogen-bond acceptors (Lipinski definition) is 3. The Hall–Kier alpha value is -0.360. The lowest BCUT2D eigenvalue weighted by Gasteiger charge is -2.10. The van der Waals surface area contributed by atoms with E-state index in [0.29, 0.717) is 6.54 Å². The summed E-state index contributed by atoms with van der Waals surface area (Å²) < 4.78 is 26.7. The van der Waals surface area contributed by atoms with Crippen LogP contribution in [0.25, 0.3) is 0 Å². The molecule has 1 aromatic rings. The van der Waals surface area contributed by atoms with E-state index in [1.165, 1.54) is 37.9 Å². The highest BCUT2D eigenvalue weighted by Crippen LogP contribution is 2.28. The summed E-state index contributed by atoms with van der Waals surface area (Å²) in [5.74, 6) is 0.770. The van der Waals surface area contributed by atoms with E-state index in [9.17, 15) is 8.42 Å². The van der Waals surface area contributed by atoms with Crippen LogP contribution >= 0.6 is 23.2 Å². The molecule has 1 fully saturated rings. The molecule has 1 aliphatic rings. The summed E-state index contributed by atoms with van der Waals surface area (Å²) in [4.78, 5) is 3.80. The number of halogens is 2. The summed E-state index contributed by atoms with van der Waals surface area (Å²) >= 11 is 11.5. The summed E-state index contributed by atoms with van der Waals surface area (Å²) in [6.07, 6.45) is 8.35. The summed E-state index contributed by atoms with van der Waals surface area (Å²) in [5, 5.41) is 0.243. The first-order valence-corrected chi connectivity index (χ1v) is 9.03. The second-order valence-electron chi connectivity index (χ2n) is 5.13. The monoisotopic (exact) mass is 336 g/mol. The molecule has 4 nitrogen and oxygen atoms in total. The van der Waals surface area contributed by atoms with Gasteiger partial charge in [-0.1, -0.05) is 48.9 Å². The predicted molar refractivity (Wildman–Crippen MR) is 80.6 cm³/mol. The normalized spacial score (nSPS) is 16.7. The maximum atomic E-state index is 12.0. The highest BCUT2D eigenvalue weighted by Gasteiger charge is 2.17. The van der Waals surface area contributed by atoms with Crippen molar-refractivity contribution in [2.24, 2.45) is 5.92 Å². The zero-order chi connectivity index (χ0) is 14.6. The van der Waals surface area contributed by atoms with E-state index in [-0.39, 0.29) is 15.1 Å². The van der Waals surface area contributed by atoms with Gasteiger partial charge in [-0.2, -0.15) is 0 Å². The van der Waals surface area contributed by atoms with Gasteiger partial charge in [-0.05, 0) is 24.8 Å². The number of hydrogen-bond donors (Lipinski definition) is 1. The molecule has 0 bridgehead atoms. The van der Waals surface area contributed by atoms with Gasteiger partial charge in [-0.3, -0.25) is 0 Å². The van der Waals surface area contributed by atoms with Crippen molar-refractivity contribution < 1.29 is 8.42 Å². The number of nitrogens with one attached hydrogen (secondary N) is 1. The first-order chi connectivity index (χ1) is 9.49. The number of pyridine rings is 1. The molecule has 1 aliphatic carbocycles. The Labute approximate surface area is 129 Å². The Morgan fingerprint density at radius 1 is 1.30 bits per heavy atom. The molecule has 1 N–H and O–H groups in total. The third kappa shape index (κ3) is 4.32. The fourth-order valence-corrected chi connectivity index (χ4v) is 3.91. The summed E-state index contributed by atoms with van der Waals surface area (Å²) in [6.45, 7) is 0.444. The van der Waals surface area contributed by atoms with Crippen LogP contribution in [0.15, 0.2) is 17.2 Å². The Bertz CT molecular complexity index is 557. The highest BCUT2D eigenvalue weighted by atomic mass is 35.5. The number of rotatable bonds is 6. The molecule has 1 saturated carbocycles. The zero-order valence-corrected chi connectivity index (χ0v) is 13.4. The minimum atomic E-state index is -3.55. The van der Waals surface area contributed by atoms with Crippen molar-refractivity contribution in [3.63, 3.8) is 0 Å². The maximum Gasteiger partial charge on any atom is 0.242 e. The Morgan fingerprint density at radius 3 is 2.65 bits per heavy atom. The maximum absolute atomic E-state index is 12.0. The first kappa shape index (κ1) is 16.0. The molecule has 0 spiro atoms. The summed E-state index contributed by atoms with van der Waals surface area (Å²) in [6, 6.07) is 1.32. The number of nitrogens with zero attached hydrogens (tertiary/aromatic N) is 1. The average Bonchev–Trinajstić information content (AvgIpc) is 2.91. The van der Waals surface area contributed by atoms with Crippen molar-refractivity contribution in [3.05, 3.63) is 22.4 Å². The molecule has 0 aromatic carbocycles. The minimum Gasteiger partial charge on any atom is -0.242 e. The van der Waals surface area contributed by atoms with Crippen molar-refractivity contribution in [1.29, 1.82) is 0 Å². The van der Waals surface area contributed by atoms with Crippen LogP contribution in [0, 0.1) is 5.92 Å². The van der Waals surface area contributed by atoms with Crippen molar-refractivity contribution in [3.8, 4) is 0 Å². The third-order valence-corrected chi connectivity index (χ3v) is 5.75. The summed E-state index contributed by atoms with van der Waals surface area (Å²) in [5.41, 5.74) is 0. The Balaban J connectivity index is 1.85. The molecule has 7 heteroatoms. The van der Waals surface area contributed by atoms with Gasteiger partial charge < -0.3 is 0 Å². The fourth-order valence-electron chi connectivity index (χ4n) is 2.53. The van der Waals surface area contributed by atoms with Crippen molar-refractivity contribution >= 4 is 33.2 Å². The molecular formula is C13H18Cl2N2O2S. The van der Waals surface area contributed by atoms with E-state index in [1.807, 2.05) is 0 Å². The predicted octanol–water partition coefficient (Wildman–Crippen LogP) is 3.64. The topological polar surface area (TPSA) is 59.1 Å². The largest absolute Gasteiger partial charge is 0.242 e. The molecule has 0 atom stereocenters. The molecular weight excluding hydrogens is 319 g/mol. The summed E-state index contributed by atoms with van der Waals surface area (Å²) in [7, 11) is -3.55. The quantitative estimate of drug-likeness (QED) is 0.637. The smallest absolute Gasteiger partial charge is 0.242 e. The van der Waals surface area contributed by atoms with Gasteiger partial charge in [0, 0.05) is 12.7 Å².